The van der Waals surface area contributed by atoms with Gasteiger partial charge in [-0.25, -0.2) is 0 Å². The van der Waals surface area contributed by atoms with Gasteiger partial charge in [0.05, 0.1) is 0 Å². The minimum atomic E-state index is -2.84. The lowest BCUT2D eigenvalue weighted by atomic mass is 10.1. The van der Waals surface area contributed by atoms with Crippen LogP contribution in [0, 0.1) is 0 Å². The Kier molecular flexibility index (Phi) is 5.08. The topological polar surface area (TPSA) is 47.3 Å². The minimum absolute atomic E-state index is 0.0966. The predicted molar refractivity (Wildman–Crippen MR) is 86.4 cm³/mol. The molecule has 0 aliphatic heterocycles. The number of rotatable bonds is 5. The Bertz CT molecular complexity index is 650. The molecule has 0 atom stereocenters. The van der Waals surface area contributed by atoms with Gasteiger partial charge < -0.3 is 15.8 Å². The normalized spacial score (nSPS) is 10.5. The Morgan fingerprint density at radius 2 is 1.86 bits per heavy atom. The van der Waals surface area contributed by atoms with E-state index >= 15 is 0 Å². The molecule has 0 radical (unpaired) electrons. The Morgan fingerprint density at radius 3 is 2.43 bits per heavy atom. The monoisotopic (exact) mass is 372 g/mol. The van der Waals surface area contributed by atoms with Gasteiger partial charge in [-0.05, 0) is 42.5 Å². The quantitative estimate of drug-likeness (QED) is 0.762. The van der Waals surface area contributed by atoms with Crippen LogP contribution in [-0.2, 0) is 0 Å². The average molecular weight is 373 g/mol. The summed E-state index contributed by atoms with van der Waals surface area (Å²) < 4.78 is 29.3. The third-order valence-electron chi connectivity index (χ3n) is 2.61. The van der Waals surface area contributed by atoms with E-state index in [1.807, 2.05) is 12.1 Å². The number of nitrogens with one attached hydrogen (secondary N) is 1. The van der Waals surface area contributed by atoms with Crippen molar-refractivity contribution in [1.29, 1.82) is 0 Å². The Hall–Kier alpha value is -1.73. The molecule has 0 aromatic heterocycles. The molecule has 110 valence electrons. The fourth-order valence-electron chi connectivity index (χ4n) is 1.71. The standard InChI is InChI=1S/C14H11BrF2N2OS/c15-8-1-6-11(13(18)21)12(7-8)19-9-2-4-10(5-3-9)20-14(16)17/h1-7,14,19H,(H2,18,21). The van der Waals surface area contributed by atoms with Gasteiger partial charge in [0.2, 0.25) is 0 Å². The molecule has 0 saturated heterocycles. The lowest BCUT2D eigenvalue weighted by molar-refractivity contribution is -0.0498. The molecule has 0 bridgehead atoms. The molecule has 0 aliphatic rings. The molecule has 0 amide bonds. The number of alkyl halides is 2. The molecule has 7 heteroatoms. The highest BCUT2D eigenvalue weighted by atomic mass is 79.9. The Balaban J connectivity index is 2.22. The molecule has 2 aromatic rings. The highest BCUT2D eigenvalue weighted by Crippen LogP contribution is 2.26. The maximum absolute atomic E-state index is 12.1. The zero-order valence-corrected chi connectivity index (χ0v) is 13.0. The van der Waals surface area contributed by atoms with Gasteiger partial charge in [-0.2, -0.15) is 8.78 Å². The summed E-state index contributed by atoms with van der Waals surface area (Å²) >= 11 is 8.37. The van der Waals surface area contributed by atoms with Crippen LogP contribution in [-0.4, -0.2) is 11.6 Å². The number of anilines is 2. The summed E-state index contributed by atoms with van der Waals surface area (Å²) in [6.45, 7) is -2.84. The van der Waals surface area contributed by atoms with Gasteiger partial charge in [0, 0.05) is 21.4 Å². The van der Waals surface area contributed by atoms with Crippen LogP contribution in [0.2, 0.25) is 0 Å². The molecule has 0 unspecified atom stereocenters. The van der Waals surface area contributed by atoms with Crippen LogP contribution in [0.1, 0.15) is 5.56 Å². The Morgan fingerprint density at radius 1 is 1.19 bits per heavy atom. The van der Waals surface area contributed by atoms with Gasteiger partial charge in [-0.1, -0.05) is 28.1 Å². The molecule has 3 N–H and O–H groups in total. The zero-order chi connectivity index (χ0) is 15.4. The fourth-order valence-corrected chi connectivity index (χ4v) is 2.25. The summed E-state index contributed by atoms with van der Waals surface area (Å²) in [6, 6.07) is 11.6. The molecule has 0 saturated carbocycles. The highest BCUT2D eigenvalue weighted by Gasteiger charge is 2.07. The molecule has 3 nitrogen and oxygen atoms in total. The van der Waals surface area contributed by atoms with Crippen LogP contribution in [0.3, 0.4) is 0 Å². The van der Waals surface area contributed by atoms with Crippen LogP contribution in [0.15, 0.2) is 46.9 Å². The molecule has 2 rings (SSSR count). The summed E-state index contributed by atoms with van der Waals surface area (Å²) in [5.41, 5.74) is 7.79. The lowest BCUT2D eigenvalue weighted by Gasteiger charge is -2.12. The molecule has 0 aliphatic carbocycles. The van der Waals surface area contributed by atoms with Crippen molar-refractivity contribution in [1.82, 2.24) is 0 Å². The van der Waals surface area contributed by atoms with Crippen molar-refractivity contribution in [2.24, 2.45) is 5.73 Å². The van der Waals surface area contributed by atoms with Crippen LogP contribution in [0.25, 0.3) is 0 Å². The summed E-state index contributed by atoms with van der Waals surface area (Å²) in [7, 11) is 0. The van der Waals surface area contributed by atoms with Gasteiger partial charge >= 0.3 is 6.61 Å². The first-order valence-corrected chi connectivity index (χ1v) is 7.07. The second-order valence-electron chi connectivity index (χ2n) is 4.08. The minimum Gasteiger partial charge on any atom is -0.435 e. The van der Waals surface area contributed by atoms with Gasteiger partial charge in [-0.3, -0.25) is 0 Å². The number of thiocarbonyl (C=S) groups is 1. The average Bonchev–Trinajstić information content (AvgIpc) is 2.40. The number of nitrogens with two attached hydrogens (primary N) is 1. The summed E-state index contributed by atoms with van der Waals surface area (Å²) in [5.74, 6) is 0.0966. The van der Waals surface area contributed by atoms with Gasteiger partial charge in [0.25, 0.3) is 0 Å². The van der Waals surface area contributed by atoms with E-state index < -0.39 is 6.61 Å². The van der Waals surface area contributed by atoms with Crippen molar-refractivity contribution in [2.45, 2.75) is 6.61 Å². The molecule has 21 heavy (non-hydrogen) atoms. The van der Waals surface area contributed by atoms with Crippen LogP contribution >= 0.6 is 28.1 Å². The van der Waals surface area contributed by atoms with Crippen molar-refractivity contribution in [3.8, 4) is 5.75 Å². The van der Waals surface area contributed by atoms with E-state index in [2.05, 4.69) is 26.0 Å². The van der Waals surface area contributed by atoms with Crippen molar-refractivity contribution in [2.75, 3.05) is 5.32 Å². The van der Waals surface area contributed by atoms with E-state index in [9.17, 15) is 8.78 Å². The number of ether oxygens (including phenoxy) is 1. The van der Waals surface area contributed by atoms with E-state index in [0.717, 1.165) is 10.2 Å². The number of benzene rings is 2. The second-order valence-corrected chi connectivity index (χ2v) is 5.44. The molecule has 2 aromatic carbocycles. The van der Waals surface area contributed by atoms with E-state index in [-0.39, 0.29) is 10.7 Å². The van der Waals surface area contributed by atoms with Crippen molar-refractivity contribution in [3.05, 3.63) is 52.5 Å². The van der Waals surface area contributed by atoms with Gasteiger partial charge in [0.15, 0.2) is 0 Å². The SMILES string of the molecule is NC(=S)c1ccc(Br)cc1Nc1ccc(OC(F)F)cc1. The number of hydrogen-bond acceptors (Lipinski definition) is 3. The molecular formula is C14H11BrF2N2OS. The molecule has 0 spiro atoms. The molecule has 0 fully saturated rings. The second kappa shape index (κ2) is 6.82. The molecule has 0 heterocycles. The van der Waals surface area contributed by atoms with Crippen molar-refractivity contribution < 1.29 is 13.5 Å². The van der Waals surface area contributed by atoms with E-state index in [1.54, 1.807) is 18.2 Å². The summed E-state index contributed by atoms with van der Waals surface area (Å²) in [5, 5.41) is 3.13. The predicted octanol–water partition coefficient (Wildman–Crippen LogP) is 4.43. The maximum Gasteiger partial charge on any atom is 0.387 e. The van der Waals surface area contributed by atoms with Gasteiger partial charge in [0.1, 0.15) is 10.7 Å². The first-order valence-electron chi connectivity index (χ1n) is 5.87. The largest absolute Gasteiger partial charge is 0.435 e. The van der Waals surface area contributed by atoms with Crippen LogP contribution in [0.4, 0.5) is 20.2 Å². The fraction of sp³-hybridized carbons (Fsp3) is 0.0714. The van der Waals surface area contributed by atoms with Crippen LogP contribution in [0.5, 0.6) is 5.75 Å². The van der Waals surface area contributed by atoms with Crippen molar-refractivity contribution in [3.63, 3.8) is 0 Å². The first-order chi connectivity index (χ1) is 9.95. The maximum atomic E-state index is 12.1. The first kappa shape index (κ1) is 15.7. The lowest BCUT2D eigenvalue weighted by Crippen LogP contribution is -2.11. The zero-order valence-electron chi connectivity index (χ0n) is 10.6. The third kappa shape index (κ3) is 4.37. The number of hydrogen-bond donors (Lipinski definition) is 2. The van der Waals surface area contributed by atoms with E-state index in [1.165, 1.54) is 12.1 Å². The number of halogens is 3. The smallest absolute Gasteiger partial charge is 0.387 e. The van der Waals surface area contributed by atoms with Gasteiger partial charge in [-0.15, -0.1) is 0 Å². The third-order valence-corrected chi connectivity index (χ3v) is 3.32. The van der Waals surface area contributed by atoms with E-state index in [0.29, 0.717) is 11.3 Å². The van der Waals surface area contributed by atoms with E-state index in [4.69, 9.17) is 18.0 Å². The summed E-state index contributed by atoms with van der Waals surface area (Å²) in [4.78, 5) is 0.266. The highest BCUT2D eigenvalue weighted by molar-refractivity contribution is 9.10. The summed E-state index contributed by atoms with van der Waals surface area (Å²) in [6.07, 6.45) is 0. The Labute approximate surface area is 134 Å². The van der Waals surface area contributed by atoms with Crippen molar-refractivity contribution >= 4 is 44.5 Å². The molecular weight excluding hydrogens is 362 g/mol. The van der Waals surface area contributed by atoms with Crippen LogP contribution < -0.4 is 15.8 Å².